The Kier molecular flexibility index (Phi) is 6.95. The number of carbonyl (C=O) groups excluding carboxylic acids is 3. The van der Waals surface area contributed by atoms with E-state index in [1.54, 1.807) is 12.1 Å². The van der Waals surface area contributed by atoms with Crippen LogP contribution in [-0.2, 0) is 9.59 Å². The smallest absolute Gasteiger partial charge is 0.294 e. The molecule has 0 atom stereocenters. The SMILES string of the molecule is Cc1cccc(NC(=O)CN2C(=O)S/C(=C\c3ccc(OCC(C)C)cc3)C2=O)c1. The van der Waals surface area contributed by atoms with E-state index in [0.29, 0.717) is 23.1 Å². The van der Waals surface area contributed by atoms with Crippen LogP contribution in [0.2, 0.25) is 0 Å². The molecule has 0 spiro atoms. The largest absolute Gasteiger partial charge is 0.493 e. The van der Waals surface area contributed by atoms with Crippen molar-refractivity contribution < 1.29 is 19.1 Å². The van der Waals surface area contributed by atoms with E-state index >= 15 is 0 Å². The maximum absolute atomic E-state index is 12.6. The van der Waals surface area contributed by atoms with Crippen LogP contribution in [0.25, 0.3) is 6.08 Å². The third kappa shape index (κ3) is 5.73. The van der Waals surface area contributed by atoms with Gasteiger partial charge in [-0.2, -0.15) is 0 Å². The molecule has 1 saturated heterocycles. The molecule has 7 heteroatoms. The molecule has 1 heterocycles. The second-order valence-corrected chi connectivity index (χ2v) is 8.45. The average Bonchev–Trinajstić information content (AvgIpc) is 2.95. The van der Waals surface area contributed by atoms with Crippen LogP contribution in [0.5, 0.6) is 5.75 Å². The van der Waals surface area contributed by atoms with E-state index in [0.717, 1.165) is 33.5 Å². The molecule has 30 heavy (non-hydrogen) atoms. The fourth-order valence-electron chi connectivity index (χ4n) is 2.78. The fourth-order valence-corrected chi connectivity index (χ4v) is 3.62. The van der Waals surface area contributed by atoms with E-state index < -0.39 is 17.1 Å². The van der Waals surface area contributed by atoms with Gasteiger partial charge in [0, 0.05) is 5.69 Å². The minimum absolute atomic E-state index is 0.291. The number of carbonyl (C=O) groups is 3. The number of nitrogens with zero attached hydrogens (tertiary/aromatic N) is 1. The minimum atomic E-state index is -0.468. The van der Waals surface area contributed by atoms with Crippen LogP contribution >= 0.6 is 11.8 Å². The number of nitrogens with one attached hydrogen (secondary N) is 1. The van der Waals surface area contributed by atoms with Crippen molar-refractivity contribution >= 4 is 40.6 Å². The number of imide groups is 1. The van der Waals surface area contributed by atoms with Gasteiger partial charge in [-0.25, -0.2) is 0 Å². The Bertz CT molecular complexity index is 983. The van der Waals surface area contributed by atoms with Crippen molar-refractivity contribution in [2.75, 3.05) is 18.5 Å². The Labute approximate surface area is 180 Å². The monoisotopic (exact) mass is 424 g/mol. The second-order valence-electron chi connectivity index (χ2n) is 7.46. The van der Waals surface area contributed by atoms with Crippen LogP contribution < -0.4 is 10.1 Å². The van der Waals surface area contributed by atoms with Crippen LogP contribution in [0.3, 0.4) is 0 Å². The summed E-state index contributed by atoms with van der Waals surface area (Å²) in [6.45, 7) is 6.37. The van der Waals surface area contributed by atoms with Crippen LogP contribution in [0.15, 0.2) is 53.4 Å². The van der Waals surface area contributed by atoms with Crippen molar-refractivity contribution in [1.82, 2.24) is 4.90 Å². The first-order valence-electron chi connectivity index (χ1n) is 9.66. The number of amides is 3. The topological polar surface area (TPSA) is 75.7 Å². The highest BCUT2D eigenvalue weighted by molar-refractivity contribution is 8.18. The van der Waals surface area contributed by atoms with Crippen LogP contribution in [-0.4, -0.2) is 35.1 Å². The first kappa shape index (κ1) is 21.6. The first-order chi connectivity index (χ1) is 14.3. The van der Waals surface area contributed by atoms with Crippen molar-refractivity contribution in [3.63, 3.8) is 0 Å². The van der Waals surface area contributed by atoms with Crippen LogP contribution in [0.1, 0.15) is 25.0 Å². The van der Waals surface area contributed by atoms with E-state index in [1.165, 1.54) is 0 Å². The predicted octanol–water partition coefficient (Wildman–Crippen LogP) is 4.70. The number of anilines is 1. The molecule has 156 valence electrons. The molecule has 1 aliphatic heterocycles. The van der Waals surface area contributed by atoms with Gasteiger partial charge < -0.3 is 10.1 Å². The standard InChI is InChI=1S/C23H24N2O4S/c1-15(2)14-29-19-9-7-17(8-10-19)12-20-22(27)25(23(28)30-20)13-21(26)24-18-6-4-5-16(3)11-18/h4-12,15H,13-14H2,1-3H3,(H,24,26)/b20-12-. The molecule has 0 saturated carbocycles. The maximum atomic E-state index is 12.6. The number of rotatable bonds is 7. The van der Waals surface area contributed by atoms with Crippen LogP contribution in [0, 0.1) is 12.8 Å². The van der Waals surface area contributed by atoms with E-state index in [9.17, 15) is 14.4 Å². The van der Waals surface area contributed by atoms with Gasteiger partial charge in [0.25, 0.3) is 11.1 Å². The molecule has 6 nitrogen and oxygen atoms in total. The lowest BCUT2D eigenvalue weighted by Gasteiger charge is -2.12. The molecule has 1 N–H and O–H groups in total. The summed E-state index contributed by atoms with van der Waals surface area (Å²) in [5.41, 5.74) is 2.41. The van der Waals surface area contributed by atoms with Gasteiger partial charge in [-0.1, -0.05) is 38.1 Å². The van der Waals surface area contributed by atoms with Gasteiger partial charge in [0.1, 0.15) is 12.3 Å². The third-order valence-corrected chi connectivity index (χ3v) is 5.15. The number of hydrogen-bond donors (Lipinski definition) is 1. The fraction of sp³-hybridized carbons (Fsp3) is 0.261. The Balaban J connectivity index is 1.63. The Morgan fingerprint density at radius 1 is 1.17 bits per heavy atom. The lowest BCUT2D eigenvalue weighted by Crippen LogP contribution is -2.36. The van der Waals surface area contributed by atoms with Crippen molar-refractivity contribution in [1.29, 1.82) is 0 Å². The molecule has 0 radical (unpaired) electrons. The number of ether oxygens (including phenoxy) is 1. The number of aryl methyl sites for hydroxylation is 1. The molecule has 1 aliphatic rings. The van der Waals surface area contributed by atoms with Gasteiger partial charge in [0.15, 0.2) is 0 Å². The zero-order valence-electron chi connectivity index (χ0n) is 17.2. The van der Waals surface area contributed by atoms with Crippen LogP contribution in [0.4, 0.5) is 10.5 Å². The molecule has 0 bridgehead atoms. The van der Waals surface area contributed by atoms with Gasteiger partial charge in [-0.05, 0) is 66.1 Å². The summed E-state index contributed by atoms with van der Waals surface area (Å²) >= 11 is 0.833. The van der Waals surface area contributed by atoms with Crippen molar-refractivity contribution in [2.45, 2.75) is 20.8 Å². The average molecular weight is 425 g/mol. The normalized spacial score (nSPS) is 15.2. The second kappa shape index (κ2) is 9.63. The molecular weight excluding hydrogens is 400 g/mol. The van der Waals surface area contributed by atoms with Gasteiger partial charge in [0.2, 0.25) is 5.91 Å². The molecule has 2 aromatic carbocycles. The molecule has 2 aromatic rings. The van der Waals surface area contributed by atoms with Crippen molar-refractivity contribution in [3.05, 3.63) is 64.6 Å². The Hall–Kier alpha value is -3.06. The van der Waals surface area contributed by atoms with E-state index in [1.807, 2.05) is 49.4 Å². The quantitative estimate of drug-likeness (QED) is 0.652. The number of benzene rings is 2. The van der Waals surface area contributed by atoms with Gasteiger partial charge >= 0.3 is 0 Å². The number of thioether (sulfide) groups is 1. The van der Waals surface area contributed by atoms with E-state index in [-0.39, 0.29) is 6.54 Å². The Morgan fingerprint density at radius 2 is 1.90 bits per heavy atom. The summed E-state index contributed by atoms with van der Waals surface area (Å²) in [7, 11) is 0. The summed E-state index contributed by atoms with van der Waals surface area (Å²) in [4.78, 5) is 38.4. The van der Waals surface area contributed by atoms with E-state index in [2.05, 4.69) is 19.2 Å². The lowest BCUT2D eigenvalue weighted by molar-refractivity contribution is -0.127. The summed E-state index contributed by atoms with van der Waals surface area (Å²) in [5.74, 6) is 0.293. The molecule has 0 aliphatic carbocycles. The minimum Gasteiger partial charge on any atom is -0.493 e. The lowest BCUT2D eigenvalue weighted by atomic mass is 10.2. The summed E-state index contributed by atoms with van der Waals surface area (Å²) in [5, 5.41) is 2.26. The zero-order valence-corrected chi connectivity index (χ0v) is 18.0. The van der Waals surface area contributed by atoms with E-state index in [4.69, 9.17) is 4.74 Å². The third-order valence-electron chi connectivity index (χ3n) is 4.24. The van der Waals surface area contributed by atoms with Gasteiger partial charge in [0.05, 0.1) is 11.5 Å². The zero-order chi connectivity index (χ0) is 21.7. The summed E-state index contributed by atoms with van der Waals surface area (Å²) in [6, 6.07) is 14.6. The molecule has 0 unspecified atom stereocenters. The molecule has 0 aromatic heterocycles. The highest BCUT2D eigenvalue weighted by Gasteiger charge is 2.36. The highest BCUT2D eigenvalue weighted by atomic mass is 32.2. The summed E-state index contributed by atoms with van der Waals surface area (Å²) < 4.78 is 5.65. The van der Waals surface area contributed by atoms with Crippen molar-refractivity contribution in [3.8, 4) is 5.75 Å². The highest BCUT2D eigenvalue weighted by Crippen LogP contribution is 2.32. The summed E-state index contributed by atoms with van der Waals surface area (Å²) in [6.07, 6.45) is 1.65. The van der Waals surface area contributed by atoms with Crippen molar-refractivity contribution in [2.24, 2.45) is 5.92 Å². The predicted molar refractivity (Wildman–Crippen MR) is 119 cm³/mol. The molecule has 3 amide bonds. The number of hydrogen-bond acceptors (Lipinski definition) is 5. The maximum Gasteiger partial charge on any atom is 0.294 e. The van der Waals surface area contributed by atoms with Gasteiger partial charge in [-0.3, -0.25) is 19.3 Å². The van der Waals surface area contributed by atoms with Gasteiger partial charge in [-0.15, -0.1) is 0 Å². The first-order valence-corrected chi connectivity index (χ1v) is 10.5. The Morgan fingerprint density at radius 3 is 2.57 bits per heavy atom. The molecule has 3 rings (SSSR count). The molecular formula is C23H24N2O4S. The molecule has 1 fully saturated rings.